The molecule has 1 aromatic heterocycles. The van der Waals surface area contributed by atoms with Crippen molar-refractivity contribution in [2.24, 2.45) is 4.99 Å². The molecule has 1 aliphatic heterocycles. The summed E-state index contributed by atoms with van der Waals surface area (Å²) in [6.45, 7) is 13.2. The fourth-order valence-electron chi connectivity index (χ4n) is 4.93. The number of carbonyl (C=O) groups excluding carboxylic acids is 1. The molecule has 41 heavy (non-hydrogen) atoms. The molecule has 6 nitrogen and oxygen atoms in total. The first-order chi connectivity index (χ1) is 19.8. The van der Waals surface area contributed by atoms with Crippen LogP contribution in [0.3, 0.4) is 0 Å². The van der Waals surface area contributed by atoms with Crippen LogP contribution < -0.4 is 10.6 Å². The van der Waals surface area contributed by atoms with Gasteiger partial charge in [0.05, 0.1) is 12.3 Å². The van der Waals surface area contributed by atoms with Crippen molar-refractivity contribution in [3.63, 3.8) is 0 Å². The van der Waals surface area contributed by atoms with Crippen LogP contribution in [0.15, 0.2) is 88.9 Å². The number of hydrogen-bond donors (Lipinski definition) is 2. The molecule has 0 spiro atoms. The number of nitrogens with one attached hydrogen (secondary N) is 2. The Labute approximate surface area is 244 Å². The van der Waals surface area contributed by atoms with Gasteiger partial charge in [-0.25, -0.2) is 9.18 Å². The topological polar surface area (TPSA) is 75.6 Å². The van der Waals surface area contributed by atoms with Crippen molar-refractivity contribution in [2.45, 2.75) is 66.4 Å². The van der Waals surface area contributed by atoms with Crippen molar-refractivity contribution in [1.29, 1.82) is 0 Å². The third-order valence-corrected chi connectivity index (χ3v) is 6.79. The number of aromatic nitrogens is 1. The van der Waals surface area contributed by atoms with Crippen molar-refractivity contribution >= 4 is 23.0 Å². The molecule has 2 heterocycles. The number of alkyl carbamates (subject to hydrolysis) is 1. The Morgan fingerprint density at radius 1 is 1.17 bits per heavy atom. The highest BCUT2D eigenvalue weighted by Gasteiger charge is 2.26. The van der Waals surface area contributed by atoms with E-state index in [0.717, 1.165) is 52.1 Å². The number of amides is 1. The van der Waals surface area contributed by atoms with E-state index in [-0.39, 0.29) is 5.82 Å². The number of allylic oxidation sites excluding steroid dienone is 6. The Balaban J connectivity index is 0.00000226. The van der Waals surface area contributed by atoms with Gasteiger partial charge in [-0.2, -0.15) is 0 Å². The molecule has 4 rings (SSSR count). The van der Waals surface area contributed by atoms with Crippen LogP contribution in [0.4, 0.5) is 9.18 Å². The van der Waals surface area contributed by atoms with Gasteiger partial charge in [0.25, 0.3) is 0 Å². The molecule has 0 atom stereocenters. The van der Waals surface area contributed by atoms with Gasteiger partial charge in [0, 0.05) is 48.7 Å². The Morgan fingerprint density at radius 3 is 2.66 bits per heavy atom. The number of ether oxygens (including phenoxy) is 1. The van der Waals surface area contributed by atoms with Crippen LogP contribution in [0.5, 0.6) is 0 Å². The maximum absolute atomic E-state index is 15.2. The van der Waals surface area contributed by atoms with Gasteiger partial charge in [0.2, 0.25) is 0 Å². The molecule has 0 fully saturated rings. The van der Waals surface area contributed by atoms with E-state index in [0.29, 0.717) is 31.6 Å². The Kier molecular flexibility index (Phi) is 11.6. The van der Waals surface area contributed by atoms with Crippen LogP contribution >= 0.6 is 0 Å². The summed E-state index contributed by atoms with van der Waals surface area (Å²) in [6.07, 6.45) is 11.6. The van der Waals surface area contributed by atoms with Crippen LogP contribution in [-0.4, -0.2) is 42.0 Å². The summed E-state index contributed by atoms with van der Waals surface area (Å²) in [7, 11) is 0. The van der Waals surface area contributed by atoms with Crippen molar-refractivity contribution in [3.05, 3.63) is 101 Å². The minimum absolute atomic E-state index is 0.293. The maximum Gasteiger partial charge on any atom is 0.407 e. The second-order valence-corrected chi connectivity index (χ2v) is 10.3. The Bertz CT molecular complexity index is 1350. The van der Waals surface area contributed by atoms with E-state index in [4.69, 9.17) is 9.73 Å². The zero-order valence-corrected chi connectivity index (χ0v) is 25.2. The summed E-state index contributed by atoms with van der Waals surface area (Å²) in [5.41, 5.74) is 6.46. The number of hydrogen-bond acceptors (Lipinski definition) is 5. The minimum Gasteiger partial charge on any atom is -0.444 e. The molecule has 1 aromatic carbocycles. The van der Waals surface area contributed by atoms with Crippen LogP contribution in [0.25, 0.3) is 11.1 Å². The van der Waals surface area contributed by atoms with Crippen LogP contribution in [0.2, 0.25) is 0 Å². The molecule has 1 aliphatic carbocycles. The molecule has 2 aliphatic rings. The zero-order valence-electron chi connectivity index (χ0n) is 25.2. The number of aliphatic imine (C=N–C) groups is 1. The zero-order chi connectivity index (χ0) is 29.8. The second-order valence-electron chi connectivity index (χ2n) is 10.3. The van der Waals surface area contributed by atoms with E-state index in [9.17, 15) is 4.79 Å². The molecule has 2 N–H and O–H groups in total. The van der Waals surface area contributed by atoms with E-state index in [1.807, 2.05) is 71.2 Å². The van der Waals surface area contributed by atoms with Crippen molar-refractivity contribution in [3.8, 4) is 0 Å². The standard InChI is InChI=1S/C32H37FN4O2.C2H6/c1-5-15-32(3,4)39-31(38)37-19-18-36-30-22(2)14-17-35-28-20-23(24-9-8-16-34-21-24)12-13-26(29(28)30)25-10-6-7-11-27(25)33;1-2/h6-14,16,21,35H,5,15,17-20H2,1-4H3,(H,37,38);1-2H3. The van der Waals surface area contributed by atoms with Crippen LogP contribution in [0.1, 0.15) is 71.9 Å². The Morgan fingerprint density at radius 2 is 1.95 bits per heavy atom. The van der Waals surface area contributed by atoms with Gasteiger partial charge in [-0.05, 0) is 61.6 Å². The lowest BCUT2D eigenvalue weighted by Gasteiger charge is -2.24. The molecule has 0 saturated heterocycles. The molecule has 0 unspecified atom stereocenters. The van der Waals surface area contributed by atoms with Gasteiger partial charge in [-0.15, -0.1) is 0 Å². The number of rotatable bonds is 8. The smallest absolute Gasteiger partial charge is 0.407 e. The lowest BCUT2D eigenvalue weighted by atomic mass is 9.89. The maximum atomic E-state index is 15.2. The van der Waals surface area contributed by atoms with E-state index in [1.165, 1.54) is 6.07 Å². The number of nitrogens with zero attached hydrogens (tertiary/aromatic N) is 2. The first-order valence-electron chi connectivity index (χ1n) is 14.5. The van der Waals surface area contributed by atoms with Gasteiger partial charge in [0.1, 0.15) is 11.4 Å². The van der Waals surface area contributed by atoms with Gasteiger partial charge in [-0.3, -0.25) is 9.98 Å². The third kappa shape index (κ3) is 8.49. The summed E-state index contributed by atoms with van der Waals surface area (Å²) in [4.78, 5) is 21.6. The highest BCUT2D eigenvalue weighted by atomic mass is 19.1. The van der Waals surface area contributed by atoms with E-state index in [1.54, 1.807) is 18.3 Å². The van der Waals surface area contributed by atoms with Crippen molar-refractivity contribution < 1.29 is 13.9 Å². The minimum atomic E-state index is -0.518. The number of halogens is 1. The van der Waals surface area contributed by atoms with Crippen LogP contribution in [0, 0.1) is 5.82 Å². The molecule has 2 aromatic rings. The largest absolute Gasteiger partial charge is 0.444 e. The van der Waals surface area contributed by atoms with E-state index in [2.05, 4.69) is 28.6 Å². The Hall–Kier alpha value is -4.00. The lowest BCUT2D eigenvalue weighted by molar-refractivity contribution is 0.0325. The van der Waals surface area contributed by atoms with Gasteiger partial charge in [0.15, 0.2) is 0 Å². The summed E-state index contributed by atoms with van der Waals surface area (Å²) in [6, 6.07) is 10.8. The predicted octanol–water partition coefficient (Wildman–Crippen LogP) is 7.67. The molecule has 7 heteroatoms. The monoisotopic (exact) mass is 558 g/mol. The molecule has 0 saturated carbocycles. The van der Waals surface area contributed by atoms with E-state index >= 15 is 4.39 Å². The van der Waals surface area contributed by atoms with Gasteiger partial charge < -0.3 is 15.4 Å². The summed E-state index contributed by atoms with van der Waals surface area (Å²) in [5, 5.41) is 6.38. The predicted molar refractivity (Wildman–Crippen MR) is 167 cm³/mol. The number of carbonyl (C=O) groups is 1. The molecule has 1 amide bonds. The SMILES string of the molecule is CC.CCCC(C)(C)OC(=O)NCCN=C1C(C)=CCNC2=C1C(c1ccccc1F)=CC=C(c1cccnc1)C2. The summed E-state index contributed by atoms with van der Waals surface area (Å²) < 4.78 is 20.7. The molecular formula is C34H43FN4O2. The average Bonchev–Trinajstić information content (AvgIpc) is 3.23. The molecular weight excluding hydrogens is 515 g/mol. The summed E-state index contributed by atoms with van der Waals surface area (Å²) >= 11 is 0. The van der Waals surface area contributed by atoms with E-state index < -0.39 is 11.7 Å². The number of benzene rings is 1. The first kappa shape index (κ1) is 31.5. The number of pyridine rings is 1. The molecule has 0 radical (unpaired) electrons. The fourth-order valence-corrected chi connectivity index (χ4v) is 4.93. The van der Waals surface area contributed by atoms with Gasteiger partial charge in [-0.1, -0.05) is 69.7 Å². The second kappa shape index (κ2) is 15.1. The van der Waals surface area contributed by atoms with Gasteiger partial charge >= 0.3 is 6.09 Å². The lowest BCUT2D eigenvalue weighted by Crippen LogP contribution is -2.35. The quantitative estimate of drug-likeness (QED) is 0.326. The van der Waals surface area contributed by atoms with Crippen molar-refractivity contribution in [2.75, 3.05) is 19.6 Å². The normalized spacial score (nSPS) is 16.1. The van der Waals surface area contributed by atoms with Crippen molar-refractivity contribution in [1.82, 2.24) is 15.6 Å². The fraction of sp³-hybridized carbons (Fsp3) is 0.382. The van der Waals surface area contributed by atoms with Crippen LogP contribution in [-0.2, 0) is 4.74 Å². The third-order valence-electron chi connectivity index (χ3n) is 6.79. The molecule has 218 valence electrons. The molecule has 0 bridgehead atoms. The first-order valence-corrected chi connectivity index (χ1v) is 14.5. The highest BCUT2D eigenvalue weighted by Crippen LogP contribution is 2.37. The summed E-state index contributed by atoms with van der Waals surface area (Å²) in [5.74, 6) is -0.293. The highest BCUT2D eigenvalue weighted by molar-refractivity contribution is 6.22. The average molecular weight is 559 g/mol.